The lowest BCUT2D eigenvalue weighted by atomic mass is 10.4. The molecule has 0 aliphatic heterocycles. The molecule has 96 valence electrons. The molecule has 0 heterocycles. The minimum atomic E-state index is -2.69. The van der Waals surface area contributed by atoms with Crippen LogP contribution in [-0.4, -0.2) is 29.1 Å². The third-order valence-corrected chi connectivity index (χ3v) is 5.13. The lowest BCUT2D eigenvalue weighted by molar-refractivity contribution is 0.0920. The molecule has 0 spiro atoms. The van der Waals surface area contributed by atoms with E-state index in [1.807, 2.05) is 30.3 Å². The Morgan fingerprint density at radius 2 is 1.47 bits per heavy atom. The summed E-state index contributed by atoms with van der Waals surface area (Å²) in [5, 5.41) is 1.03. The molecule has 0 N–H and O–H groups in total. The molecule has 0 bridgehead atoms. The van der Waals surface area contributed by atoms with E-state index in [-0.39, 0.29) is 0 Å². The van der Waals surface area contributed by atoms with Gasteiger partial charge in [-0.05, 0) is 12.8 Å². The van der Waals surface area contributed by atoms with E-state index in [4.69, 9.17) is 13.3 Å². The molecule has 0 fully saturated rings. The van der Waals surface area contributed by atoms with Crippen LogP contribution in [0.15, 0.2) is 30.3 Å². The van der Waals surface area contributed by atoms with Crippen LogP contribution in [0.1, 0.15) is 26.7 Å². The van der Waals surface area contributed by atoms with Gasteiger partial charge in [0.15, 0.2) is 0 Å². The first-order valence-electron chi connectivity index (χ1n) is 6.17. The van der Waals surface area contributed by atoms with E-state index in [0.29, 0.717) is 13.2 Å². The Kier molecular flexibility index (Phi) is 6.43. The maximum absolute atomic E-state index is 5.91. The zero-order valence-corrected chi connectivity index (χ0v) is 11.9. The SMILES string of the molecule is CCCO[Si](OC)(OCCC)c1ccccc1. The molecule has 0 unspecified atom stereocenters. The van der Waals surface area contributed by atoms with Gasteiger partial charge in [0.1, 0.15) is 0 Å². The first-order chi connectivity index (χ1) is 8.29. The van der Waals surface area contributed by atoms with Gasteiger partial charge in [0, 0.05) is 25.5 Å². The average molecular weight is 254 g/mol. The standard InChI is InChI=1S/C13H22O3Si/c1-4-11-15-17(14-3,16-12-5-2)13-9-7-6-8-10-13/h6-10H,4-5,11-12H2,1-3H3. The van der Waals surface area contributed by atoms with Gasteiger partial charge in [0.05, 0.1) is 0 Å². The summed E-state index contributed by atoms with van der Waals surface area (Å²) in [6.07, 6.45) is 1.92. The van der Waals surface area contributed by atoms with Gasteiger partial charge >= 0.3 is 8.80 Å². The van der Waals surface area contributed by atoms with Crippen LogP contribution in [0.4, 0.5) is 0 Å². The molecular formula is C13H22O3Si. The molecule has 0 atom stereocenters. The molecule has 3 nitrogen and oxygen atoms in total. The fraction of sp³-hybridized carbons (Fsp3) is 0.538. The predicted octanol–water partition coefficient (Wildman–Crippen LogP) is 2.33. The lowest BCUT2D eigenvalue weighted by Gasteiger charge is -2.28. The van der Waals surface area contributed by atoms with Crippen molar-refractivity contribution in [1.82, 2.24) is 0 Å². The molecule has 0 aliphatic carbocycles. The maximum atomic E-state index is 5.91. The third-order valence-electron chi connectivity index (χ3n) is 2.39. The van der Waals surface area contributed by atoms with Crippen molar-refractivity contribution in [3.63, 3.8) is 0 Å². The first-order valence-corrected chi connectivity index (χ1v) is 7.90. The summed E-state index contributed by atoms with van der Waals surface area (Å²) in [7, 11) is -1.02. The minimum Gasteiger partial charge on any atom is -0.373 e. The number of hydrogen-bond acceptors (Lipinski definition) is 3. The minimum absolute atomic E-state index is 0.665. The van der Waals surface area contributed by atoms with Crippen molar-refractivity contribution in [2.24, 2.45) is 0 Å². The van der Waals surface area contributed by atoms with Gasteiger partial charge in [-0.2, -0.15) is 0 Å². The molecule has 1 aromatic carbocycles. The fourth-order valence-corrected chi connectivity index (χ4v) is 3.99. The summed E-state index contributed by atoms with van der Waals surface area (Å²) in [6, 6.07) is 9.99. The van der Waals surface area contributed by atoms with Crippen LogP contribution in [0.25, 0.3) is 0 Å². The van der Waals surface area contributed by atoms with Crippen molar-refractivity contribution in [2.45, 2.75) is 26.7 Å². The molecule has 1 aromatic rings. The summed E-state index contributed by atoms with van der Waals surface area (Å²) in [5.41, 5.74) is 0. The predicted molar refractivity (Wildman–Crippen MR) is 71.3 cm³/mol. The van der Waals surface area contributed by atoms with Gasteiger partial charge < -0.3 is 13.3 Å². The highest BCUT2D eigenvalue weighted by molar-refractivity contribution is 6.75. The van der Waals surface area contributed by atoms with Crippen LogP contribution in [0, 0.1) is 0 Å². The van der Waals surface area contributed by atoms with Gasteiger partial charge in [0.2, 0.25) is 0 Å². The van der Waals surface area contributed by atoms with Crippen molar-refractivity contribution in [3.05, 3.63) is 30.3 Å². The van der Waals surface area contributed by atoms with Crippen molar-refractivity contribution >= 4 is 14.0 Å². The smallest absolute Gasteiger partial charge is 0.373 e. The summed E-state index contributed by atoms with van der Waals surface area (Å²) in [4.78, 5) is 0. The summed E-state index contributed by atoms with van der Waals surface area (Å²) >= 11 is 0. The van der Waals surface area contributed by atoms with Gasteiger partial charge in [-0.15, -0.1) is 0 Å². The molecular weight excluding hydrogens is 232 g/mol. The molecule has 0 saturated heterocycles. The Labute approximate surface area is 105 Å². The largest absolute Gasteiger partial charge is 0.536 e. The normalized spacial score (nSPS) is 11.7. The Hall–Kier alpha value is -0.683. The maximum Gasteiger partial charge on any atom is 0.536 e. The number of benzene rings is 1. The zero-order valence-electron chi connectivity index (χ0n) is 10.9. The topological polar surface area (TPSA) is 27.7 Å². The second-order valence-corrected chi connectivity index (χ2v) is 6.50. The van der Waals surface area contributed by atoms with Crippen molar-refractivity contribution in [1.29, 1.82) is 0 Å². The van der Waals surface area contributed by atoms with Gasteiger partial charge in [-0.25, -0.2) is 0 Å². The van der Waals surface area contributed by atoms with Crippen molar-refractivity contribution in [2.75, 3.05) is 20.3 Å². The molecule has 0 saturated carbocycles. The molecule has 17 heavy (non-hydrogen) atoms. The van der Waals surface area contributed by atoms with Crippen molar-refractivity contribution in [3.8, 4) is 0 Å². The quantitative estimate of drug-likeness (QED) is 0.666. The van der Waals surface area contributed by atoms with E-state index in [1.54, 1.807) is 7.11 Å². The van der Waals surface area contributed by atoms with Gasteiger partial charge in [-0.3, -0.25) is 0 Å². The first kappa shape index (κ1) is 14.4. The molecule has 0 radical (unpaired) electrons. The van der Waals surface area contributed by atoms with E-state index >= 15 is 0 Å². The zero-order chi connectivity index (χ0) is 12.6. The van der Waals surface area contributed by atoms with Crippen molar-refractivity contribution < 1.29 is 13.3 Å². The van der Waals surface area contributed by atoms with E-state index < -0.39 is 8.80 Å². The summed E-state index contributed by atoms with van der Waals surface area (Å²) in [6.45, 7) is 5.50. The number of rotatable bonds is 8. The number of hydrogen-bond donors (Lipinski definition) is 0. The van der Waals surface area contributed by atoms with Crippen LogP contribution in [-0.2, 0) is 13.3 Å². The molecule has 0 amide bonds. The average Bonchev–Trinajstić information content (AvgIpc) is 2.41. The monoisotopic (exact) mass is 254 g/mol. The molecule has 0 aliphatic rings. The highest BCUT2D eigenvalue weighted by atomic mass is 28.4. The third kappa shape index (κ3) is 3.92. The highest BCUT2D eigenvalue weighted by Crippen LogP contribution is 2.10. The Bertz CT molecular complexity index is 295. The van der Waals surface area contributed by atoms with Crippen LogP contribution >= 0.6 is 0 Å². The van der Waals surface area contributed by atoms with Crippen LogP contribution in [0.3, 0.4) is 0 Å². The van der Waals surface area contributed by atoms with Crippen LogP contribution in [0.5, 0.6) is 0 Å². The molecule has 0 aromatic heterocycles. The Balaban J connectivity index is 2.89. The summed E-state index contributed by atoms with van der Waals surface area (Å²) < 4.78 is 17.4. The fourth-order valence-electron chi connectivity index (χ4n) is 1.56. The summed E-state index contributed by atoms with van der Waals surface area (Å²) in [5.74, 6) is 0. The Morgan fingerprint density at radius 1 is 0.941 bits per heavy atom. The molecule has 4 heteroatoms. The molecule has 1 rings (SSSR count). The van der Waals surface area contributed by atoms with E-state index in [2.05, 4.69) is 13.8 Å². The lowest BCUT2D eigenvalue weighted by Crippen LogP contribution is -2.56. The van der Waals surface area contributed by atoms with E-state index in [9.17, 15) is 0 Å². The second-order valence-electron chi connectivity index (χ2n) is 3.82. The van der Waals surface area contributed by atoms with Gasteiger partial charge in [-0.1, -0.05) is 44.2 Å². The van der Waals surface area contributed by atoms with Gasteiger partial charge in [0.25, 0.3) is 0 Å². The second kappa shape index (κ2) is 7.61. The van der Waals surface area contributed by atoms with Crippen LogP contribution < -0.4 is 5.19 Å². The highest BCUT2D eigenvalue weighted by Gasteiger charge is 2.42. The Morgan fingerprint density at radius 3 is 1.88 bits per heavy atom. The van der Waals surface area contributed by atoms with E-state index in [1.165, 1.54) is 0 Å². The van der Waals surface area contributed by atoms with Crippen LogP contribution in [0.2, 0.25) is 0 Å². The van der Waals surface area contributed by atoms with E-state index in [0.717, 1.165) is 18.0 Å².